The molecule has 0 aromatic carbocycles. The highest BCUT2D eigenvalue weighted by molar-refractivity contribution is 7.09. The molecule has 2 fully saturated rings. The van der Waals surface area contributed by atoms with Gasteiger partial charge in [-0.1, -0.05) is 25.3 Å². The minimum atomic E-state index is 0.426. The molecule has 2 aromatic rings. The third kappa shape index (κ3) is 2.85. The molecule has 1 unspecified atom stereocenters. The Bertz CT molecular complexity index is 627. The van der Waals surface area contributed by atoms with E-state index in [1.165, 1.54) is 49.4 Å². The first-order chi connectivity index (χ1) is 11.3. The van der Waals surface area contributed by atoms with Crippen molar-refractivity contribution >= 4 is 11.3 Å². The molecule has 0 N–H and O–H groups in total. The third-order valence-corrected chi connectivity index (χ3v) is 6.69. The van der Waals surface area contributed by atoms with Crippen LogP contribution in [0.1, 0.15) is 55.6 Å². The normalized spacial score (nSPS) is 24.5. The molecule has 3 heterocycles. The lowest BCUT2D eigenvalue weighted by molar-refractivity contribution is 0.164. The first-order valence-corrected chi connectivity index (χ1v) is 9.81. The molecule has 23 heavy (non-hydrogen) atoms. The highest BCUT2D eigenvalue weighted by Gasteiger charge is 2.49. The zero-order valence-corrected chi connectivity index (χ0v) is 14.8. The molecule has 5 heteroatoms. The molecule has 2 aliphatic rings. The van der Waals surface area contributed by atoms with Crippen molar-refractivity contribution in [3.63, 3.8) is 0 Å². The van der Waals surface area contributed by atoms with E-state index in [4.69, 9.17) is 0 Å². The number of nitrogens with zero attached hydrogens (tertiary/aromatic N) is 4. The summed E-state index contributed by atoms with van der Waals surface area (Å²) in [6.07, 6.45) is 8.78. The maximum absolute atomic E-state index is 4.54. The number of aromatic nitrogens is 3. The van der Waals surface area contributed by atoms with Crippen LogP contribution in [0, 0.1) is 5.41 Å². The Morgan fingerprint density at radius 3 is 2.91 bits per heavy atom. The number of hydrogen-bond donors (Lipinski definition) is 0. The van der Waals surface area contributed by atoms with E-state index in [-0.39, 0.29) is 0 Å². The van der Waals surface area contributed by atoms with Crippen molar-refractivity contribution in [2.75, 3.05) is 13.1 Å². The van der Waals surface area contributed by atoms with Crippen molar-refractivity contribution in [2.45, 2.75) is 58.0 Å². The van der Waals surface area contributed by atoms with Gasteiger partial charge in [0, 0.05) is 37.0 Å². The number of rotatable bonds is 4. The highest BCUT2D eigenvalue weighted by atomic mass is 32.1. The van der Waals surface area contributed by atoms with Crippen molar-refractivity contribution < 1.29 is 0 Å². The largest absolute Gasteiger partial charge is 0.318 e. The molecule has 0 radical (unpaired) electrons. The molecule has 1 saturated carbocycles. The van der Waals surface area contributed by atoms with E-state index in [1.807, 2.05) is 17.7 Å². The summed E-state index contributed by atoms with van der Waals surface area (Å²) < 4.78 is 2.26. The van der Waals surface area contributed by atoms with Crippen molar-refractivity contribution in [1.29, 1.82) is 0 Å². The lowest BCUT2D eigenvalue weighted by Crippen LogP contribution is -2.33. The Balaban J connectivity index is 1.61. The summed E-state index contributed by atoms with van der Waals surface area (Å²) in [6.45, 7) is 6.62. The maximum Gasteiger partial charge on any atom is 0.137 e. The molecule has 0 bridgehead atoms. The van der Waals surface area contributed by atoms with Crippen LogP contribution in [-0.2, 0) is 13.1 Å². The van der Waals surface area contributed by atoms with Crippen LogP contribution in [0.4, 0.5) is 0 Å². The van der Waals surface area contributed by atoms with Gasteiger partial charge in [-0.15, -0.1) is 21.5 Å². The van der Waals surface area contributed by atoms with E-state index in [1.54, 1.807) is 0 Å². The lowest BCUT2D eigenvalue weighted by atomic mass is 9.67. The Hall–Kier alpha value is -1.20. The monoisotopic (exact) mass is 330 g/mol. The zero-order chi connectivity index (χ0) is 15.7. The fourth-order valence-corrected chi connectivity index (χ4v) is 5.46. The molecular formula is C18H26N4S. The first kappa shape index (κ1) is 15.3. The highest BCUT2D eigenvalue weighted by Crippen LogP contribution is 2.51. The van der Waals surface area contributed by atoms with Crippen LogP contribution in [0.15, 0.2) is 23.8 Å². The van der Waals surface area contributed by atoms with Gasteiger partial charge in [0.05, 0.1) is 0 Å². The van der Waals surface area contributed by atoms with Gasteiger partial charge in [0.2, 0.25) is 0 Å². The van der Waals surface area contributed by atoms with Gasteiger partial charge in [0.1, 0.15) is 12.2 Å². The van der Waals surface area contributed by atoms with Crippen molar-refractivity contribution in [3.8, 4) is 0 Å². The fraction of sp³-hybridized carbons (Fsp3) is 0.667. The van der Waals surface area contributed by atoms with Crippen LogP contribution in [0.25, 0.3) is 0 Å². The molecule has 1 spiro atoms. The van der Waals surface area contributed by atoms with E-state index in [0.717, 1.165) is 19.6 Å². The molecule has 124 valence electrons. The Morgan fingerprint density at radius 2 is 2.17 bits per heavy atom. The minimum Gasteiger partial charge on any atom is -0.318 e. The van der Waals surface area contributed by atoms with Gasteiger partial charge in [0.25, 0.3) is 0 Å². The van der Waals surface area contributed by atoms with Crippen LogP contribution in [-0.4, -0.2) is 32.8 Å². The van der Waals surface area contributed by atoms with Crippen LogP contribution < -0.4 is 0 Å². The van der Waals surface area contributed by atoms with Gasteiger partial charge in [-0.25, -0.2) is 0 Å². The second kappa shape index (κ2) is 6.36. The van der Waals surface area contributed by atoms with Gasteiger partial charge in [0.15, 0.2) is 0 Å². The van der Waals surface area contributed by atoms with Gasteiger partial charge in [-0.05, 0) is 36.6 Å². The van der Waals surface area contributed by atoms with Crippen molar-refractivity contribution in [3.05, 3.63) is 34.5 Å². The molecule has 1 atom stereocenters. The van der Waals surface area contributed by atoms with Crippen molar-refractivity contribution in [2.24, 2.45) is 5.41 Å². The summed E-state index contributed by atoms with van der Waals surface area (Å²) in [5.41, 5.74) is 0.426. The van der Waals surface area contributed by atoms with E-state index in [9.17, 15) is 0 Å². The summed E-state index contributed by atoms with van der Waals surface area (Å²) in [5, 5.41) is 10.9. The van der Waals surface area contributed by atoms with Gasteiger partial charge >= 0.3 is 0 Å². The summed E-state index contributed by atoms with van der Waals surface area (Å²) in [6, 6.07) is 4.43. The van der Waals surface area contributed by atoms with Gasteiger partial charge in [-0.3, -0.25) is 4.90 Å². The Morgan fingerprint density at radius 1 is 1.30 bits per heavy atom. The van der Waals surface area contributed by atoms with Gasteiger partial charge in [-0.2, -0.15) is 0 Å². The fourth-order valence-electron chi connectivity index (χ4n) is 4.71. The number of likely N-dealkylation sites (tertiary alicyclic amines) is 1. The van der Waals surface area contributed by atoms with E-state index >= 15 is 0 Å². The van der Waals surface area contributed by atoms with E-state index in [0.29, 0.717) is 11.3 Å². The quantitative estimate of drug-likeness (QED) is 0.852. The number of hydrogen-bond acceptors (Lipinski definition) is 4. The first-order valence-electron chi connectivity index (χ1n) is 8.93. The van der Waals surface area contributed by atoms with Gasteiger partial charge < -0.3 is 4.57 Å². The molecule has 1 aliphatic carbocycles. The Labute approximate surface area is 142 Å². The second-order valence-electron chi connectivity index (χ2n) is 7.20. The topological polar surface area (TPSA) is 34.0 Å². The molecule has 4 rings (SSSR count). The lowest BCUT2D eigenvalue weighted by Gasteiger charge is -2.38. The summed E-state index contributed by atoms with van der Waals surface area (Å²) >= 11 is 1.88. The third-order valence-electron chi connectivity index (χ3n) is 5.83. The minimum absolute atomic E-state index is 0.426. The molecule has 1 saturated heterocycles. The van der Waals surface area contributed by atoms with Crippen molar-refractivity contribution in [1.82, 2.24) is 19.7 Å². The predicted molar refractivity (Wildman–Crippen MR) is 93.6 cm³/mol. The maximum atomic E-state index is 4.54. The molecular weight excluding hydrogens is 304 g/mol. The average molecular weight is 331 g/mol. The second-order valence-corrected chi connectivity index (χ2v) is 8.23. The number of thiophene rings is 1. The summed E-state index contributed by atoms with van der Waals surface area (Å²) in [4.78, 5) is 4.14. The summed E-state index contributed by atoms with van der Waals surface area (Å²) in [5.74, 6) is 1.77. The summed E-state index contributed by atoms with van der Waals surface area (Å²) in [7, 11) is 0. The van der Waals surface area contributed by atoms with E-state index in [2.05, 4.69) is 44.1 Å². The Kier molecular flexibility index (Phi) is 4.24. The van der Waals surface area contributed by atoms with Crippen LogP contribution in [0.5, 0.6) is 0 Å². The van der Waals surface area contributed by atoms with Crippen LogP contribution in [0.2, 0.25) is 0 Å². The smallest absolute Gasteiger partial charge is 0.137 e. The zero-order valence-electron chi connectivity index (χ0n) is 13.9. The molecule has 4 nitrogen and oxygen atoms in total. The average Bonchev–Trinajstić information content (AvgIpc) is 3.29. The predicted octanol–water partition coefficient (Wildman–Crippen LogP) is 3.91. The van der Waals surface area contributed by atoms with E-state index < -0.39 is 0 Å². The number of aryl methyl sites for hydroxylation is 1. The standard InChI is InChI=1S/C18H26N4S/c1-2-22-14-19-20-17(22)16-12-21(11-15-7-6-10-23-15)13-18(16)8-4-3-5-9-18/h6-7,10,14,16H,2-5,8-9,11-13H2,1H3. The molecule has 1 aliphatic heterocycles. The molecule has 2 aromatic heterocycles. The van der Waals surface area contributed by atoms with Crippen LogP contribution in [0.3, 0.4) is 0 Å². The molecule has 0 amide bonds. The SMILES string of the molecule is CCn1cnnc1C1CN(Cc2cccs2)CC12CCCCC2. The van der Waals surface area contributed by atoms with Crippen LogP contribution >= 0.6 is 11.3 Å².